The fraction of sp³-hybridized carbons (Fsp3) is 0.500. The molecule has 0 spiro atoms. The van der Waals surface area contributed by atoms with E-state index in [1.54, 1.807) is 12.1 Å². The van der Waals surface area contributed by atoms with Gasteiger partial charge < -0.3 is 9.84 Å². The Balaban J connectivity index is 2.54. The Morgan fingerprint density at radius 1 is 1.47 bits per heavy atom. The molecule has 3 heteroatoms. The van der Waals surface area contributed by atoms with Gasteiger partial charge in [-0.25, -0.2) is 4.39 Å². The molecule has 0 amide bonds. The quantitative estimate of drug-likeness (QED) is 0.810. The Hall–Kier alpha value is -0.930. The van der Waals surface area contributed by atoms with Crippen molar-refractivity contribution >= 4 is 0 Å². The summed E-state index contributed by atoms with van der Waals surface area (Å²) < 4.78 is 18.1. The van der Waals surface area contributed by atoms with Crippen LogP contribution in [-0.2, 0) is 11.2 Å². The Morgan fingerprint density at radius 2 is 2.20 bits per heavy atom. The predicted octanol–water partition coefficient (Wildman–Crippen LogP) is 2.15. The van der Waals surface area contributed by atoms with Gasteiger partial charge in [0, 0.05) is 13.0 Å². The highest BCUT2D eigenvalue weighted by atomic mass is 19.1. The van der Waals surface area contributed by atoms with E-state index < -0.39 is 6.10 Å². The summed E-state index contributed by atoms with van der Waals surface area (Å²) in [5.41, 5.74) is 0.786. The molecule has 0 aliphatic carbocycles. The van der Waals surface area contributed by atoms with Crippen molar-refractivity contribution < 1.29 is 14.2 Å². The van der Waals surface area contributed by atoms with Gasteiger partial charge in [-0.2, -0.15) is 0 Å². The molecule has 2 nitrogen and oxygen atoms in total. The third-order valence-electron chi connectivity index (χ3n) is 2.31. The molecule has 0 saturated heterocycles. The minimum Gasteiger partial charge on any atom is -0.390 e. The fourth-order valence-corrected chi connectivity index (χ4v) is 1.45. The molecule has 15 heavy (non-hydrogen) atoms. The van der Waals surface area contributed by atoms with Crippen LogP contribution >= 0.6 is 0 Å². The van der Waals surface area contributed by atoms with Gasteiger partial charge in [0.05, 0.1) is 12.2 Å². The van der Waals surface area contributed by atoms with E-state index in [1.807, 2.05) is 13.8 Å². The Morgan fingerprint density at radius 3 is 2.80 bits per heavy atom. The first kappa shape index (κ1) is 12.1. The highest BCUT2D eigenvalue weighted by molar-refractivity contribution is 5.17. The number of rotatable bonds is 5. The summed E-state index contributed by atoms with van der Waals surface area (Å²) in [5, 5.41) is 9.75. The largest absolute Gasteiger partial charge is 0.390 e. The third-order valence-corrected chi connectivity index (χ3v) is 2.31. The fourth-order valence-electron chi connectivity index (χ4n) is 1.45. The van der Waals surface area contributed by atoms with Crippen LogP contribution in [0.4, 0.5) is 4.39 Å². The van der Waals surface area contributed by atoms with Crippen molar-refractivity contribution in [1.82, 2.24) is 0 Å². The molecular weight excluding hydrogens is 195 g/mol. The zero-order chi connectivity index (χ0) is 11.3. The van der Waals surface area contributed by atoms with Gasteiger partial charge in [0.2, 0.25) is 0 Å². The van der Waals surface area contributed by atoms with Crippen LogP contribution in [0.5, 0.6) is 0 Å². The van der Waals surface area contributed by atoms with E-state index in [1.165, 1.54) is 12.1 Å². The molecule has 0 bridgehead atoms. The van der Waals surface area contributed by atoms with Crippen LogP contribution in [0.15, 0.2) is 24.3 Å². The van der Waals surface area contributed by atoms with Crippen LogP contribution in [0.3, 0.4) is 0 Å². The van der Waals surface area contributed by atoms with Gasteiger partial charge >= 0.3 is 0 Å². The minimum atomic E-state index is -0.591. The summed E-state index contributed by atoms with van der Waals surface area (Å²) in [6.07, 6.45) is -0.399. The van der Waals surface area contributed by atoms with E-state index in [0.717, 1.165) is 5.56 Å². The molecule has 1 rings (SSSR count). The molecule has 0 aliphatic heterocycles. The molecule has 1 aromatic carbocycles. The van der Waals surface area contributed by atoms with Gasteiger partial charge in [0.15, 0.2) is 0 Å². The number of ether oxygens (including phenoxy) is 1. The predicted molar refractivity (Wildman–Crippen MR) is 57.2 cm³/mol. The minimum absolute atomic E-state index is 0.224. The van der Waals surface area contributed by atoms with E-state index in [0.29, 0.717) is 13.0 Å². The van der Waals surface area contributed by atoms with E-state index in [-0.39, 0.29) is 11.9 Å². The lowest BCUT2D eigenvalue weighted by Gasteiger charge is -2.18. The molecule has 0 fully saturated rings. The molecule has 0 radical (unpaired) electrons. The van der Waals surface area contributed by atoms with Crippen LogP contribution in [-0.4, -0.2) is 23.9 Å². The molecule has 84 valence electrons. The lowest BCUT2D eigenvalue weighted by Crippen LogP contribution is -2.28. The molecule has 2 atom stereocenters. The second kappa shape index (κ2) is 5.83. The van der Waals surface area contributed by atoms with Crippen molar-refractivity contribution in [2.75, 3.05) is 6.61 Å². The van der Waals surface area contributed by atoms with E-state index >= 15 is 0 Å². The van der Waals surface area contributed by atoms with E-state index in [9.17, 15) is 9.50 Å². The van der Waals surface area contributed by atoms with Crippen molar-refractivity contribution in [2.24, 2.45) is 0 Å². The summed E-state index contributed by atoms with van der Waals surface area (Å²) in [6.45, 7) is 4.26. The summed E-state index contributed by atoms with van der Waals surface area (Å²) >= 11 is 0. The summed E-state index contributed by atoms with van der Waals surface area (Å²) in [6, 6.07) is 6.26. The topological polar surface area (TPSA) is 29.5 Å². The maximum Gasteiger partial charge on any atom is 0.123 e. The molecule has 2 unspecified atom stereocenters. The first-order chi connectivity index (χ1) is 7.13. The normalized spacial score (nSPS) is 14.9. The Labute approximate surface area is 89.7 Å². The first-order valence-electron chi connectivity index (χ1n) is 5.17. The SMILES string of the molecule is CCOC(C)C(O)Cc1cccc(F)c1. The van der Waals surface area contributed by atoms with Crippen molar-refractivity contribution in [3.8, 4) is 0 Å². The first-order valence-corrected chi connectivity index (χ1v) is 5.17. The van der Waals surface area contributed by atoms with Gasteiger partial charge in [-0.05, 0) is 31.5 Å². The molecule has 0 aliphatic rings. The molecule has 0 aromatic heterocycles. The lowest BCUT2D eigenvalue weighted by molar-refractivity contribution is -0.0208. The smallest absolute Gasteiger partial charge is 0.123 e. The van der Waals surface area contributed by atoms with Crippen molar-refractivity contribution in [3.05, 3.63) is 35.6 Å². The van der Waals surface area contributed by atoms with Crippen LogP contribution in [0.1, 0.15) is 19.4 Å². The second-order valence-corrected chi connectivity index (χ2v) is 3.56. The van der Waals surface area contributed by atoms with Crippen LogP contribution in [0, 0.1) is 5.82 Å². The average Bonchev–Trinajstić information content (AvgIpc) is 2.18. The van der Waals surface area contributed by atoms with Crippen LogP contribution in [0.25, 0.3) is 0 Å². The van der Waals surface area contributed by atoms with E-state index in [2.05, 4.69) is 0 Å². The summed E-state index contributed by atoms with van der Waals surface area (Å²) in [7, 11) is 0. The highest BCUT2D eigenvalue weighted by Gasteiger charge is 2.14. The van der Waals surface area contributed by atoms with Gasteiger partial charge in [0.25, 0.3) is 0 Å². The maximum atomic E-state index is 12.9. The van der Waals surface area contributed by atoms with Gasteiger partial charge in [-0.15, -0.1) is 0 Å². The third kappa shape index (κ3) is 3.98. The number of aliphatic hydroxyl groups is 1. The number of benzene rings is 1. The van der Waals surface area contributed by atoms with Crippen molar-refractivity contribution in [2.45, 2.75) is 32.5 Å². The number of halogens is 1. The zero-order valence-corrected chi connectivity index (χ0v) is 9.11. The lowest BCUT2D eigenvalue weighted by atomic mass is 10.0. The van der Waals surface area contributed by atoms with E-state index in [4.69, 9.17) is 4.74 Å². The monoisotopic (exact) mass is 212 g/mol. The number of hydrogen-bond acceptors (Lipinski definition) is 2. The highest BCUT2D eigenvalue weighted by Crippen LogP contribution is 2.10. The summed E-state index contributed by atoms with van der Waals surface area (Å²) in [4.78, 5) is 0. The average molecular weight is 212 g/mol. The molecular formula is C12H17FO2. The van der Waals surface area contributed by atoms with Gasteiger partial charge in [-0.3, -0.25) is 0 Å². The Kier molecular flexibility index (Phi) is 4.72. The molecule has 0 saturated carbocycles. The summed E-state index contributed by atoms with van der Waals surface area (Å²) in [5.74, 6) is -0.274. The molecule has 0 heterocycles. The van der Waals surface area contributed by atoms with Crippen molar-refractivity contribution in [3.63, 3.8) is 0 Å². The van der Waals surface area contributed by atoms with Crippen molar-refractivity contribution in [1.29, 1.82) is 0 Å². The number of hydrogen-bond donors (Lipinski definition) is 1. The standard InChI is InChI=1S/C12H17FO2/c1-3-15-9(2)12(14)8-10-5-4-6-11(13)7-10/h4-7,9,12,14H,3,8H2,1-2H3. The molecule has 1 N–H and O–H groups in total. The zero-order valence-electron chi connectivity index (χ0n) is 9.11. The molecule has 1 aromatic rings. The van der Waals surface area contributed by atoms with Crippen LogP contribution in [0.2, 0.25) is 0 Å². The Bertz CT molecular complexity index is 301. The maximum absolute atomic E-state index is 12.9. The second-order valence-electron chi connectivity index (χ2n) is 3.56. The number of aliphatic hydroxyl groups excluding tert-OH is 1. The van der Waals surface area contributed by atoms with Gasteiger partial charge in [-0.1, -0.05) is 12.1 Å². The van der Waals surface area contributed by atoms with Gasteiger partial charge in [0.1, 0.15) is 5.82 Å². The van der Waals surface area contributed by atoms with Crippen LogP contribution < -0.4 is 0 Å².